The summed E-state index contributed by atoms with van der Waals surface area (Å²) >= 11 is 5.74. The molecule has 2 rings (SSSR count). The van der Waals surface area contributed by atoms with E-state index in [1.807, 2.05) is 0 Å². The molecule has 80 valence electrons. The first kappa shape index (κ1) is 10.5. The zero-order valence-electron chi connectivity index (χ0n) is 8.09. The van der Waals surface area contributed by atoms with Crippen molar-refractivity contribution < 1.29 is 4.79 Å². The van der Waals surface area contributed by atoms with Gasteiger partial charge in [0.05, 0.1) is 0 Å². The predicted molar refractivity (Wildman–Crippen MR) is 59.2 cm³/mol. The Morgan fingerprint density at radius 1 is 1.19 bits per heavy atom. The van der Waals surface area contributed by atoms with Crippen LogP contribution < -0.4 is 5.32 Å². The fourth-order valence-electron chi connectivity index (χ4n) is 1.06. The van der Waals surface area contributed by atoms with E-state index in [1.165, 1.54) is 24.7 Å². The van der Waals surface area contributed by atoms with Gasteiger partial charge in [0.25, 0.3) is 5.91 Å². The van der Waals surface area contributed by atoms with Gasteiger partial charge in [-0.15, -0.1) is 0 Å². The van der Waals surface area contributed by atoms with Crippen molar-refractivity contribution in [3.8, 4) is 0 Å². The average Bonchev–Trinajstić information content (AvgIpc) is 2.30. The third-order valence-electron chi connectivity index (χ3n) is 1.75. The van der Waals surface area contributed by atoms with Crippen molar-refractivity contribution in [2.45, 2.75) is 0 Å². The van der Waals surface area contributed by atoms with Gasteiger partial charge in [0.1, 0.15) is 5.69 Å². The third-order valence-corrected chi connectivity index (χ3v) is 1.98. The third kappa shape index (κ3) is 2.52. The van der Waals surface area contributed by atoms with Crippen LogP contribution in [0.3, 0.4) is 0 Å². The lowest BCUT2D eigenvalue weighted by Crippen LogP contribution is -2.15. The highest BCUT2D eigenvalue weighted by atomic mass is 35.5. The van der Waals surface area contributed by atoms with E-state index < -0.39 is 5.91 Å². The van der Waals surface area contributed by atoms with Crippen LogP contribution in [0.15, 0.2) is 36.8 Å². The highest BCUT2D eigenvalue weighted by Gasteiger charge is 2.08. The molecule has 0 aliphatic heterocycles. The molecule has 0 spiro atoms. The number of pyridine rings is 1. The van der Waals surface area contributed by atoms with E-state index >= 15 is 0 Å². The van der Waals surface area contributed by atoms with Gasteiger partial charge in [0, 0.05) is 23.6 Å². The van der Waals surface area contributed by atoms with Crippen LogP contribution in [0.25, 0.3) is 0 Å². The van der Waals surface area contributed by atoms with E-state index in [-0.39, 0.29) is 11.6 Å². The van der Waals surface area contributed by atoms with Crippen molar-refractivity contribution >= 4 is 23.5 Å². The van der Waals surface area contributed by atoms with Crippen molar-refractivity contribution in [1.29, 1.82) is 0 Å². The second-order valence-electron chi connectivity index (χ2n) is 2.89. The van der Waals surface area contributed by atoms with Crippen LogP contribution in [0.1, 0.15) is 10.5 Å². The number of anilines is 1. The van der Waals surface area contributed by atoms with Crippen LogP contribution in [0, 0.1) is 0 Å². The molecule has 0 unspecified atom stereocenters. The van der Waals surface area contributed by atoms with Crippen molar-refractivity contribution in [1.82, 2.24) is 15.0 Å². The summed E-state index contributed by atoms with van der Waals surface area (Å²) in [4.78, 5) is 23.3. The summed E-state index contributed by atoms with van der Waals surface area (Å²) in [6, 6.07) is 4.73. The molecule has 0 aromatic carbocycles. The summed E-state index contributed by atoms with van der Waals surface area (Å²) in [6.45, 7) is 0. The minimum absolute atomic E-state index is 0.222. The Morgan fingerprint density at radius 3 is 2.62 bits per heavy atom. The molecule has 6 heteroatoms. The zero-order chi connectivity index (χ0) is 11.4. The number of amides is 1. The van der Waals surface area contributed by atoms with Crippen molar-refractivity contribution in [3.05, 3.63) is 47.5 Å². The molecule has 16 heavy (non-hydrogen) atoms. The number of rotatable bonds is 2. The van der Waals surface area contributed by atoms with Crippen LogP contribution >= 0.6 is 11.6 Å². The number of carbonyl (C=O) groups excluding carboxylic acids is 1. The Morgan fingerprint density at radius 2 is 1.94 bits per heavy atom. The second kappa shape index (κ2) is 4.67. The maximum atomic E-state index is 11.7. The monoisotopic (exact) mass is 234 g/mol. The SMILES string of the molecule is O=C(Nc1ncccn1)c1cc(Cl)ccn1. The van der Waals surface area contributed by atoms with Crippen LogP contribution in [0.4, 0.5) is 5.95 Å². The number of carbonyl (C=O) groups is 1. The Labute approximate surface area is 96.5 Å². The molecule has 2 aromatic rings. The molecule has 0 atom stereocenters. The van der Waals surface area contributed by atoms with Gasteiger partial charge in [0.15, 0.2) is 0 Å². The molecular formula is C10H7ClN4O. The molecule has 2 aromatic heterocycles. The zero-order valence-corrected chi connectivity index (χ0v) is 8.85. The van der Waals surface area contributed by atoms with Gasteiger partial charge in [-0.1, -0.05) is 11.6 Å². The Bertz CT molecular complexity index is 503. The largest absolute Gasteiger partial charge is 0.289 e. The van der Waals surface area contributed by atoms with Crippen LogP contribution in [0.5, 0.6) is 0 Å². The fourth-order valence-corrected chi connectivity index (χ4v) is 1.22. The first-order valence-electron chi connectivity index (χ1n) is 4.45. The summed E-state index contributed by atoms with van der Waals surface area (Å²) in [5.74, 6) is -0.164. The molecule has 0 fully saturated rings. The molecule has 5 nitrogen and oxygen atoms in total. The van der Waals surface area contributed by atoms with E-state index in [1.54, 1.807) is 12.1 Å². The summed E-state index contributed by atoms with van der Waals surface area (Å²) < 4.78 is 0. The maximum Gasteiger partial charge on any atom is 0.276 e. The molecule has 0 bridgehead atoms. The van der Waals surface area contributed by atoms with Gasteiger partial charge in [-0.2, -0.15) is 0 Å². The molecule has 2 heterocycles. The van der Waals surface area contributed by atoms with Gasteiger partial charge in [0.2, 0.25) is 5.95 Å². The van der Waals surface area contributed by atoms with Gasteiger partial charge in [-0.3, -0.25) is 15.1 Å². The summed E-state index contributed by atoms with van der Waals surface area (Å²) in [5, 5.41) is 2.96. The van der Waals surface area contributed by atoms with Crippen molar-refractivity contribution in [2.24, 2.45) is 0 Å². The lowest BCUT2D eigenvalue weighted by molar-refractivity contribution is 0.102. The average molecular weight is 235 g/mol. The van der Waals surface area contributed by atoms with Crippen molar-refractivity contribution in [3.63, 3.8) is 0 Å². The van der Waals surface area contributed by atoms with Crippen LogP contribution in [-0.4, -0.2) is 20.9 Å². The van der Waals surface area contributed by atoms with Gasteiger partial charge < -0.3 is 0 Å². The lowest BCUT2D eigenvalue weighted by atomic mass is 10.3. The highest BCUT2D eigenvalue weighted by Crippen LogP contribution is 2.08. The standard InChI is InChI=1S/C10H7ClN4O/c11-7-2-5-12-8(6-7)9(16)15-10-13-3-1-4-14-10/h1-6H,(H,13,14,15,16). The smallest absolute Gasteiger partial charge is 0.276 e. The normalized spacial score (nSPS) is 9.81. The number of hydrogen-bond donors (Lipinski definition) is 1. The molecular weight excluding hydrogens is 228 g/mol. The predicted octanol–water partition coefficient (Wildman–Crippen LogP) is 1.78. The molecule has 0 radical (unpaired) electrons. The molecule has 0 saturated carbocycles. The number of aromatic nitrogens is 3. The molecule has 1 N–H and O–H groups in total. The van der Waals surface area contributed by atoms with Gasteiger partial charge >= 0.3 is 0 Å². The van der Waals surface area contributed by atoms with Crippen LogP contribution in [-0.2, 0) is 0 Å². The molecule has 0 saturated heterocycles. The van der Waals surface area contributed by atoms with E-state index in [4.69, 9.17) is 11.6 Å². The highest BCUT2D eigenvalue weighted by molar-refractivity contribution is 6.30. The molecule has 0 aliphatic rings. The van der Waals surface area contributed by atoms with Crippen molar-refractivity contribution in [2.75, 3.05) is 5.32 Å². The van der Waals surface area contributed by atoms with Gasteiger partial charge in [-0.05, 0) is 18.2 Å². The summed E-state index contributed by atoms with van der Waals surface area (Å²) in [6.07, 6.45) is 4.53. The first-order chi connectivity index (χ1) is 7.75. The van der Waals surface area contributed by atoms with E-state index in [2.05, 4.69) is 20.3 Å². The maximum absolute atomic E-state index is 11.7. The lowest BCUT2D eigenvalue weighted by Gasteiger charge is -2.01. The molecule has 0 aliphatic carbocycles. The Kier molecular flexibility index (Phi) is 3.07. The Hall–Kier alpha value is -2.01. The number of hydrogen-bond acceptors (Lipinski definition) is 4. The fraction of sp³-hybridized carbons (Fsp3) is 0. The van der Waals surface area contributed by atoms with Crippen LogP contribution in [0.2, 0.25) is 5.02 Å². The minimum Gasteiger partial charge on any atom is -0.289 e. The van der Waals surface area contributed by atoms with Gasteiger partial charge in [-0.25, -0.2) is 9.97 Å². The second-order valence-corrected chi connectivity index (χ2v) is 3.32. The molecule has 1 amide bonds. The number of nitrogens with zero attached hydrogens (tertiary/aromatic N) is 3. The number of nitrogens with one attached hydrogen (secondary N) is 1. The quantitative estimate of drug-likeness (QED) is 0.860. The van der Waals surface area contributed by atoms with E-state index in [0.717, 1.165) is 0 Å². The summed E-state index contributed by atoms with van der Waals surface area (Å²) in [5.41, 5.74) is 0.222. The first-order valence-corrected chi connectivity index (χ1v) is 4.83. The topological polar surface area (TPSA) is 67.8 Å². The van der Waals surface area contributed by atoms with E-state index in [0.29, 0.717) is 5.02 Å². The number of halogens is 1. The summed E-state index contributed by atoms with van der Waals surface area (Å²) in [7, 11) is 0. The minimum atomic E-state index is -0.395. The Balaban J connectivity index is 2.15. The van der Waals surface area contributed by atoms with E-state index in [9.17, 15) is 4.79 Å².